The molecule has 1 atom stereocenters. The van der Waals surface area contributed by atoms with Crippen LogP contribution in [-0.2, 0) is 16.3 Å². The van der Waals surface area contributed by atoms with Crippen molar-refractivity contribution in [2.24, 2.45) is 4.99 Å². The first-order valence-corrected chi connectivity index (χ1v) is 10.7. The van der Waals surface area contributed by atoms with E-state index in [0.29, 0.717) is 37.5 Å². The first-order valence-electron chi connectivity index (χ1n) is 8.09. The molecular weight excluding hydrogens is 524 g/mol. The van der Waals surface area contributed by atoms with Crippen LogP contribution in [0.1, 0.15) is 25.3 Å². The molecule has 1 aromatic rings. The van der Waals surface area contributed by atoms with Crippen LogP contribution in [0.25, 0.3) is 0 Å². The molecule has 1 aliphatic heterocycles. The van der Waals surface area contributed by atoms with Crippen LogP contribution in [0.5, 0.6) is 0 Å². The van der Waals surface area contributed by atoms with Crippen molar-refractivity contribution in [3.8, 4) is 0 Å². The average molecular weight is 548 g/mol. The summed E-state index contributed by atoms with van der Waals surface area (Å²) in [6, 6.07) is 4.98. The maximum atomic E-state index is 13.8. The third-order valence-corrected chi connectivity index (χ3v) is 6.07. The summed E-state index contributed by atoms with van der Waals surface area (Å²) in [6.45, 7) is 3.21. The summed E-state index contributed by atoms with van der Waals surface area (Å²) in [5.41, 5.74) is 0.674. The number of benzene rings is 1. The lowest BCUT2D eigenvalue weighted by Crippen LogP contribution is -2.44. The average Bonchev–Trinajstić information content (AvgIpc) is 2.84. The lowest BCUT2D eigenvalue weighted by Gasteiger charge is -2.15. The van der Waals surface area contributed by atoms with Gasteiger partial charge in [-0.3, -0.25) is 4.99 Å². The Morgan fingerprint density at radius 3 is 2.80 bits per heavy atom. The van der Waals surface area contributed by atoms with E-state index in [2.05, 4.69) is 31.6 Å². The molecule has 0 spiro atoms. The molecule has 5 nitrogen and oxygen atoms in total. The van der Waals surface area contributed by atoms with Gasteiger partial charge >= 0.3 is 0 Å². The number of hydrogen-bond acceptors (Lipinski definition) is 3. The zero-order valence-corrected chi connectivity index (χ0v) is 18.8. The number of aryl methyl sites for hydroxylation is 1. The monoisotopic (exact) mass is 547 g/mol. The van der Waals surface area contributed by atoms with Crippen molar-refractivity contribution in [3.63, 3.8) is 0 Å². The minimum Gasteiger partial charge on any atom is -0.357 e. The number of rotatable bonds is 6. The SMILES string of the molecule is CCNC(=NCCCc1ccc(Br)cc1F)NC1CCS(=O)(=O)C1.I. The standard InChI is InChI=1S/C16H23BrFN3O2S.HI/c1-2-19-16(21-14-7-9-24(22,23)11-14)20-8-3-4-12-5-6-13(17)10-15(12)18;/h5-6,10,14H,2-4,7-9,11H2,1H3,(H2,19,20,21);1H. The van der Waals surface area contributed by atoms with Gasteiger partial charge in [0.15, 0.2) is 15.8 Å². The van der Waals surface area contributed by atoms with Crippen LogP contribution in [0, 0.1) is 5.82 Å². The molecule has 1 saturated heterocycles. The molecule has 0 aromatic heterocycles. The third kappa shape index (κ3) is 7.78. The number of sulfone groups is 1. The Kier molecular flexibility index (Phi) is 9.65. The van der Waals surface area contributed by atoms with Gasteiger partial charge in [0.25, 0.3) is 0 Å². The molecule has 0 bridgehead atoms. The lowest BCUT2D eigenvalue weighted by atomic mass is 10.1. The number of guanidine groups is 1. The molecule has 2 N–H and O–H groups in total. The Hall–Kier alpha value is -0.420. The number of aliphatic imine (C=N–C) groups is 1. The minimum atomic E-state index is -2.92. The maximum Gasteiger partial charge on any atom is 0.191 e. The molecule has 142 valence electrons. The highest BCUT2D eigenvalue weighted by molar-refractivity contribution is 14.0. The van der Waals surface area contributed by atoms with E-state index in [1.54, 1.807) is 6.07 Å². The highest BCUT2D eigenvalue weighted by Crippen LogP contribution is 2.16. The molecule has 0 amide bonds. The van der Waals surface area contributed by atoms with Gasteiger partial charge in [-0.05, 0) is 43.9 Å². The lowest BCUT2D eigenvalue weighted by molar-refractivity contribution is 0.599. The predicted octanol–water partition coefficient (Wildman–Crippen LogP) is 2.88. The summed E-state index contributed by atoms with van der Waals surface area (Å²) < 4.78 is 37.5. The van der Waals surface area contributed by atoms with E-state index in [1.165, 1.54) is 6.07 Å². The topological polar surface area (TPSA) is 70.6 Å². The van der Waals surface area contributed by atoms with Crippen LogP contribution in [-0.4, -0.2) is 45.0 Å². The van der Waals surface area contributed by atoms with Crippen molar-refractivity contribution in [3.05, 3.63) is 34.1 Å². The summed E-state index contributed by atoms with van der Waals surface area (Å²) in [7, 11) is -2.92. The summed E-state index contributed by atoms with van der Waals surface area (Å²) in [5, 5.41) is 6.29. The fraction of sp³-hybridized carbons (Fsp3) is 0.562. The molecule has 1 unspecified atom stereocenters. The predicted molar refractivity (Wildman–Crippen MR) is 114 cm³/mol. The Bertz CT molecular complexity index is 701. The third-order valence-electron chi connectivity index (χ3n) is 3.81. The second-order valence-electron chi connectivity index (χ2n) is 5.84. The van der Waals surface area contributed by atoms with Gasteiger partial charge in [-0.1, -0.05) is 22.0 Å². The molecule has 0 aliphatic carbocycles. The molecule has 9 heteroatoms. The van der Waals surface area contributed by atoms with Crippen molar-refractivity contribution in [1.82, 2.24) is 10.6 Å². The number of hydrogen-bond donors (Lipinski definition) is 2. The van der Waals surface area contributed by atoms with Gasteiger partial charge in [0.05, 0.1) is 11.5 Å². The van der Waals surface area contributed by atoms with Gasteiger partial charge < -0.3 is 10.6 Å². The number of nitrogens with zero attached hydrogens (tertiary/aromatic N) is 1. The summed E-state index contributed by atoms with van der Waals surface area (Å²) in [5.74, 6) is 0.791. The Labute approximate surface area is 174 Å². The Balaban J connectivity index is 0.00000312. The molecule has 0 radical (unpaired) electrons. The molecule has 0 saturated carbocycles. The van der Waals surface area contributed by atoms with Crippen molar-refractivity contribution in [1.29, 1.82) is 0 Å². The van der Waals surface area contributed by atoms with Crippen LogP contribution < -0.4 is 10.6 Å². The van der Waals surface area contributed by atoms with E-state index < -0.39 is 9.84 Å². The summed E-state index contributed by atoms with van der Waals surface area (Å²) in [4.78, 5) is 4.45. The first kappa shape index (κ1) is 22.6. The largest absolute Gasteiger partial charge is 0.357 e. The van der Waals surface area contributed by atoms with Crippen LogP contribution >= 0.6 is 39.9 Å². The quantitative estimate of drug-likeness (QED) is 0.249. The van der Waals surface area contributed by atoms with Crippen LogP contribution in [0.2, 0.25) is 0 Å². The van der Waals surface area contributed by atoms with Gasteiger partial charge in [0.2, 0.25) is 0 Å². The minimum absolute atomic E-state index is 0. The van der Waals surface area contributed by atoms with Gasteiger partial charge in [-0.15, -0.1) is 24.0 Å². The fourth-order valence-corrected chi connectivity index (χ4v) is 4.61. The Morgan fingerprint density at radius 1 is 1.44 bits per heavy atom. The molecule has 1 aromatic carbocycles. The Morgan fingerprint density at radius 2 is 2.20 bits per heavy atom. The highest BCUT2D eigenvalue weighted by atomic mass is 127. The first-order chi connectivity index (χ1) is 11.4. The zero-order valence-electron chi connectivity index (χ0n) is 14.1. The van der Waals surface area contributed by atoms with Crippen molar-refractivity contribution in [2.75, 3.05) is 24.6 Å². The normalized spacial score (nSPS) is 19.3. The molecular formula is C16H24BrFIN3O2S. The molecule has 25 heavy (non-hydrogen) atoms. The van der Waals surface area contributed by atoms with E-state index >= 15 is 0 Å². The van der Waals surface area contributed by atoms with Crippen LogP contribution in [0.4, 0.5) is 4.39 Å². The molecule has 1 fully saturated rings. The number of halogens is 3. The van der Waals surface area contributed by atoms with Crippen molar-refractivity contribution >= 4 is 55.7 Å². The van der Waals surface area contributed by atoms with Crippen molar-refractivity contribution < 1.29 is 12.8 Å². The van der Waals surface area contributed by atoms with E-state index in [4.69, 9.17) is 0 Å². The van der Waals surface area contributed by atoms with E-state index in [9.17, 15) is 12.8 Å². The fourth-order valence-electron chi connectivity index (χ4n) is 2.61. The summed E-state index contributed by atoms with van der Waals surface area (Å²) >= 11 is 3.24. The zero-order chi connectivity index (χ0) is 17.6. The van der Waals surface area contributed by atoms with Gasteiger partial charge in [-0.25, -0.2) is 12.8 Å². The smallest absolute Gasteiger partial charge is 0.191 e. The second-order valence-corrected chi connectivity index (χ2v) is 8.99. The van der Waals surface area contributed by atoms with E-state index in [0.717, 1.165) is 10.9 Å². The number of nitrogens with one attached hydrogen (secondary N) is 2. The highest BCUT2D eigenvalue weighted by Gasteiger charge is 2.28. The second kappa shape index (κ2) is 10.7. The van der Waals surface area contributed by atoms with Crippen LogP contribution in [0.3, 0.4) is 0 Å². The summed E-state index contributed by atoms with van der Waals surface area (Å²) in [6.07, 6.45) is 1.94. The van der Waals surface area contributed by atoms with Gasteiger partial charge in [0.1, 0.15) is 5.82 Å². The molecule has 1 heterocycles. The van der Waals surface area contributed by atoms with E-state index in [1.807, 2.05) is 13.0 Å². The van der Waals surface area contributed by atoms with Crippen LogP contribution in [0.15, 0.2) is 27.7 Å². The van der Waals surface area contributed by atoms with Crippen molar-refractivity contribution in [2.45, 2.75) is 32.2 Å². The maximum absolute atomic E-state index is 13.8. The molecule has 1 aliphatic rings. The van der Waals surface area contributed by atoms with Gasteiger partial charge in [-0.2, -0.15) is 0 Å². The molecule has 2 rings (SSSR count). The van der Waals surface area contributed by atoms with E-state index in [-0.39, 0.29) is 47.3 Å². The van der Waals surface area contributed by atoms with Gasteiger partial charge in [0, 0.05) is 23.6 Å².